The smallest absolute Gasteiger partial charge is 0.337 e. The van der Waals surface area contributed by atoms with E-state index >= 15 is 0 Å². The quantitative estimate of drug-likeness (QED) is 0.568. The van der Waals surface area contributed by atoms with Crippen LogP contribution in [0.15, 0.2) is 12.1 Å². The molecule has 0 bridgehead atoms. The number of hydrogen-bond donors (Lipinski definition) is 2. The standard InChI is InChI=1S/C8H5FI2O3/c9-5-3(7(12)8(13)14)1-2-4(10)6(5)11/h1-2,7,12H,(H,13,14). The highest BCUT2D eigenvalue weighted by atomic mass is 127. The third kappa shape index (κ3) is 2.34. The van der Waals surface area contributed by atoms with Gasteiger partial charge in [-0.05, 0) is 51.2 Å². The van der Waals surface area contributed by atoms with Gasteiger partial charge in [-0.2, -0.15) is 0 Å². The van der Waals surface area contributed by atoms with Crippen molar-refractivity contribution >= 4 is 51.2 Å². The van der Waals surface area contributed by atoms with E-state index in [2.05, 4.69) is 0 Å². The summed E-state index contributed by atoms with van der Waals surface area (Å²) in [5, 5.41) is 17.6. The number of carboxylic acid groups (broad SMARTS) is 1. The van der Waals surface area contributed by atoms with Crippen molar-refractivity contribution in [1.29, 1.82) is 0 Å². The first kappa shape index (κ1) is 12.1. The second-order valence-electron chi connectivity index (χ2n) is 2.51. The van der Waals surface area contributed by atoms with E-state index in [4.69, 9.17) is 10.2 Å². The van der Waals surface area contributed by atoms with Crippen molar-refractivity contribution in [2.45, 2.75) is 6.10 Å². The molecule has 0 aliphatic carbocycles. The monoisotopic (exact) mass is 422 g/mol. The fraction of sp³-hybridized carbons (Fsp3) is 0.125. The number of hydrogen-bond acceptors (Lipinski definition) is 2. The summed E-state index contributed by atoms with van der Waals surface area (Å²) in [6.45, 7) is 0. The van der Waals surface area contributed by atoms with Gasteiger partial charge < -0.3 is 10.2 Å². The Balaban J connectivity index is 3.24. The summed E-state index contributed by atoms with van der Waals surface area (Å²) >= 11 is 3.70. The summed E-state index contributed by atoms with van der Waals surface area (Å²) in [6, 6.07) is 2.84. The Morgan fingerprint density at radius 2 is 2.00 bits per heavy atom. The lowest BCUT2D eigenvalue weighted by Crippen LogP contribution is -2.13. The molecule has 0 aliphatic rings. The van der Waals surface area contributed by atoms with Crippen LogP contribution in [0.4, 0.5) is 4.39 Å². The van der Waals surface area contributed by atoms with Gasteiger partial charge in [0.2, 0.25) is 0 Å². The Morgan fingerprint density at radius 3 is 2.50 bits per heavy atom. The Hall–Kier alpha value is 0.0400. The van der Waals surface area contributed by atoms with Crippen LogP contribution in [0.2, 0.25) is 0 Å². The second kappa shape index (κ2) is 4.71. The van der Waals surface area contributed by atoms with Crippen LogP contribution in [0.3, 0.4) is 0 Å². The Labute approximate surface area is 107 Å². The second-order valence-corrected chi connectivity index (χ2v) is 4.75. The molecule has 0 saturated carbocycles. The third-order valence-electron chi connectivity index (χ3n) is 1.59. The molecule has 0 heterocycles. The van der Waals surface area contributed by atoms with E-state index in [0.717, 1.165) is 0 Å². The number of aliphatic hydroxyl groups excluding tert-OH is 1. The molecule has 1 rings (SSSR count). The molecule has 0 saturated heterocycles. The molecule has 1 unspecified atom stereocenters. The van der Waals surface area contributed by atoms with Crippen molar-refractivity contribution in [3.8, 4) is 0 Å². The highest BCUT2D eigenvalue weighted by Gasteiger charge is 2.22. The van der Waals surface area contributed by atoms with Crippen LogP contribution >= 0.6 is 45.2 Å². The lowest BCUT2D eigenvalue weighted by Gasteiger charge is -2.08. The molecule has 76 valence electrons. The van der Waals surface area contributed by atoms with E-state index in [1.165, 1.54) is 6.07 Å². The van der Waals surface area contributed by atoms with Crippen molar-refractivity contribution in [2.24, 2.45) is 0 Å². The van der Waals surface area contributed by atoms with Gasteiger partial charge in [0.1, 0.15) is 5.82 Å². The maximum Gasteiger partial charge on any atom is 0.337 e. The lowest BCUT2D eigenvalue weighted by atomic mass is 10.1. The number of benzene rings is 1. The van der Waals surface area contributed by atoms with Crippen molar-refractivity contribution in [3.05, 3.63) is 30.7 Å². The molecule has 2 N–H and O–H groups in total. The number of aliphatic hydroxyl groups is 1. The number of halogens is 3. The molecule has 1 aromatic rings. The molecular formula is C8H5FI2O3. The molecule has 0 amide bonds. The van der Waals surface area contributed by atoms with Gasteiger partial charge in [-0.1, -0.05) is 6.07 Å². The van der Waals surface area contributed by atoms with Crippen LogP contribution < -0.4 is 0 Å². The maximum atomic E-state index is 13.4. The predicted octanol–water partition coefficient (Wildman–Crippen LogP) is 2.15. The molecular weight excluding hydrogens is 417 g/mol. The van der Waals surface area contributed by atoms with Crippen LogP contribution in [0.1, 0.15) is 11.7 Å². The van der Waals surface area contributed by atoms with Crippen LogP contribution in [0.5, 0.6) is 0 Å². The van der Waals surface area contributed by atoms with Crippen LogP contribution in [-0.4, -0.2) is 16.2 Å². The molecule has 1 aromatic carbocycles. The summed E-state index contributed by atoms with van der Waals surface area (Å²) < 4.78 is 14.4. The minimum atomic E-state index is -1.81. The van der Waals surface area contributed by atoms with E-state index in [0.29, 0.717) is 7.14 Å². The minimum Gasteiger partial charge on any atom is -0.479 e. The largest absolute Gasteiger partial charge is 0.479 e. The molecule has 0 radical (unpaired) electrons. The van der Waals surface area contributed by atoms with Crippen LogP contribution in [-0.2, 0) is 4.79 Å². The first-order valence-electron chi connectivity index (χ1n) is 3.49. The molecule has 6 heteroatoms. The Bertz CT molecular complexity index is 381. The van der Waals surface area contributed by atoms with Crippen LogP contribution in [0, 0.1) is 13.0 Å². The van der Waals surface area contributed by atoms with Gasteiger partial charge in [-0.15, -0.1) is 0 Å². The SMILES string of the molecule is O=C(O)C(O)c1ccc(I)c(I)c1F. The molecule has 3 nitrogen and oxygen atoms in total. The number of rotatable bonds is 2. The number of carboxylic acids is 1. The van der Waals surface area contributed by atoms with Crippen molar-refractivity contribution in [3.63, 3.8) is 0 Å². The van der Waals surface area contributed by atoms with E-state index < -0.39 is 17.9 Å². The molecule has 1 atom stereocenters. The summed E-state index contributed by atoms with van der Waals surface area (Å²) in [6.07, 6.45) is -1.81. The maximum absolute atomic E-state index is 13.4. The molecule has 0 aromatic heterocycles. The summed E-state index contributed by atoms with van der Waals surface area (Å²) in [4.78, 5) is 10.4. The van der Waals surface area contributed by atoms with Gasteiger partial charge in [-0.25, -0.2) is 9.18 Å². The topological polar surface area (TPSA) is 57.5 Å². The van der Waals surface area contributed by atoms with Crippen LogP contribution in [0.25, 0.3) is 0 Å². The zero-order chi connectivity index (χ0) is 10.9. The number of aliphatic carboxylic acids is 1. The minimum absolute atomic E-state index is 0.206. The summed E-state index contributed by atoms with van der Waals surface area (Å²) in [7, 11) is 0. The zero-order valence-electron chi connectivity index (χ0n) is 6.67. The predicted molar refractivity (Wildman–Crippen MR) is 64.4 cm³/mol. The highest BCUT2D eigenvalue weighted by molar-refractivity contribution is 14.1. The van der Waals surface area contributed by atoms with E-state index in [1.54, 1.807) is 28.7 Å². The Morgan fingerprint density at radius 1 is 1.43 bits per heavy atom. The summed E-state index contributed by atoms with van der Waals surface area (Å²) in [5.74, 6) is -2.13. The van der Waals surface area contributed by atoms with E-state index in [9.17, 15) is 9.18 Å². The molecule has 0 spiro atoms. The van der Waals surface area contributed by atoms with Gasteiger partial charge in [-0.3, -0.25) is 0 Å². The molecule has 14 heavy (non-hydrogen) atoms. The average molecular weight is 422 g/mol. The normalized spacial score (nSPS) is 12.6. The third-order valence-corrected chi connectivity index (χ3v) is 4.58. The fourth-order valence-corrected chi connectivity index (χ4v) is 1.79. The van der Waals surface area contributed by atoms with Gasteiger partial charge in [0, 0.05) is 9.13 Å². The van der Waals surface area contributed by atoms with Gasteiger partial charge in [0.05, 0.1) is 3.57 Å². The van der Waals surface area contributed by atoms with E-state index in [-0.39, 0.29) is 5.56 Å². The molecule has 0 fully saturated rings. The first-order chi connectivity index (χ1) is 6.45. The lowest BCUT2D eigenvalue weighted by molar-refractivity contribution is -0.147. The summed E-state index contributed by atoms with van der Waals surface area (Å²) in [5.41, 5.74) is -0.206. The average Bonchev–Trinajstić information content (AvgIpc) is 2.13. The van der Waals surface area contributed by atoms with Crippen molar-refractivity contribution in [2.75, 3.05) is 0 Å². The van der Waals surface area contributed by atoms with Crippen molar-refractivity contribution in [1.82, 2.24) is 0 Å². The number of carbonyl (C=O) groups is 1. The van der Waals surface area contributed by atoms with Gasteiger partial charge in [0.15, 0.2) is 6.10 Å². The zero-order valence-corrected chi connectivity index (χ0v) is 11.0. The van der Waals surface area contributed by atoms with Gasteiger partial charge >= 0.3 is 5.97 Å². The first-order valence-corrected chi connectivity index (χ1v) is 5.65. The molecule has 0 aliphatic heterocycles. The van der Waals surface area contributed by atoms with Crippen molar-refractivity contribution < 1.29 is 19.4 Å². The highest BCUT2D eigenvalue weighted by Crippen LogP contribution is 2.25. The fourth-order valence-electron chi connectivity index (χ4n) is 0.885. The Kier molecular flexibility index (Phi) is 4.07. The van der Waals surface area contributed by atoms with Gasteiger partial charge in [0.25, 0.3) is 0 Å². The van der Waals surface area contributed by atoms with E-state index in [1.807, 2.05) is 22.6 Å².